The second-order valence-corrected chi connectivity index (χ2v) is 5.50. The molecule has 0 amide bonds. The van der Waals surface area contributed by atoms with E-state index in [1.165, 1.54) is 0 Å². The molecule has 2 heterocycles. The van der Waals surface area contributed by atoms with Crippen molar-refractivity contribution >= 4 is 35.8 Å². The van der Waals surface area contributed by atoms with Crippen molar-refractivity contribution in [1.82, 2.24) is 10.2 Å². The van der Waals surface area contributed by atoms with Crippen LogP contribution in [0, 0.1) is 13.8 Å². The number of hydrogen-bond donors (Lipinski definition) is 1. The van der Waals surface area contributed by atoms with Gasteiger partial charge >= 0.3 is 5.63 Å². The molecule has 1 saturated heterocycles. The maximum atomic E-state index is 11.8. The zero-order valence-corrected chi connectivity index (χ0v) is 14.5. The summed E-state index contributed by atoms with van der Waals surface area (Å²) in [5.41, 5.74) is 3.77. The van der Waals surface area contributed by atoms with E-state index < -0.39 is 0 Å². The van der Waals surface area contributed by atoms with Crippen LogP contribution in [-0.4, -0.2) is 31.1 Å². The number of aryl methyl sites for hydroxylation is 2. The molecule has 2 aromatic rings. The second-order valence-electron chi connectivity index (χ2n) is 5.50. The summed E-state index contributed by atoms with van der Waals surface area (Å²) in [5, 5.41) is 4.41. The Morgan fingerprint density at radius 2 is 1.86 bits per heavy atom. The third-order valence-corrected chi connectivity index (χ3v) is 4.12. The standard InChI is InChI=1S/C16H20N2O2.2ClH/c1-11-3-4-14-13(10-18-7-5-17-6-8-18)9-15(19)20-16(14)12(11)2;;/h3-4,9,17H,5-8,10H2,1-2H3;2*1H. The van der Waals surface area contributed by atoms with Crippen molar-refractivity contribution in [2.75, 3.05) is 26.2 Å². The van der Waals surface area contributed by atoms with Gasteiger partial charge in [0, 0.05) is 44.2 Å². The number of fused-ring (bicyclic) bond motifs is 1. The quantitative estimate of drug-likeness (QED) is 0.850. The highest BCUT2D eigenvalue weighted by molar-refractivity contribution is 5.85. The minimum absolute atomic E-state index is 0. The Bertz CT molecular complexity index is 694. The van der Waals surface area contributed by atoms with Crippen LogP contribution < -0.4 is 10.9 Å². The summed E-state index contributed by atoms with van der Waals surface area (Å²) in [6.45, 7) is 8.92. The Balaban J connectivity index is 0.00000121. The molecule has 1 aromatic carbocycles. The lowest BCUT2D eigenvalue weighted by atomic mass is 10.0. The van der Waals surface area contributed by atoms with Crippen molar-refractivity contribution in [3.63, 3.8) is 0 Å². The SMILES string of the molecule is Cc1ccc2c(CN3CCNCC3)cc(=O)oc2c1C.Cl.Cl. The molecule has 1 N–H and O–H groups in total. The van der Waals surface area contributed by atoms with Gasteiger partial charge in [-0.05, 0) is 30.5 Å². The lowest BCUT2D eigenvalue weighted by molar-refractivity contribution is 0.233. The van der Waals surface area contributed by atoms with E-state index in [1.807, 2.05) is 13.8 Å². The van der Waals surface area contributed by atoms with Gasteiger partial charge < -0.3 is 9.73 Å². The van der Waals surface area contributed by atoms with Gasteiger partial charge in [0.1, 0.15) is 5.58 Å². The van der Waals surface area contributed by atoms with E-state index in [9.17, 15) is 4.79 Å². The summed E-state index contributed by atoms with van der Waals surface area (Å²) in [5.74, 6) is 0. The fraction of sp³-hybridized carbons (Fsp3) is 0.438. The number of rotatable bonds is 2. The maximum Gasteiger partial charge on any atom is 0.336 e. The number of nitrogens with zero attached hydrogens (tertiary/aromatic N) is 1. The van der Waals surface area contributed by atoms with Crippen molar-refractivity contribution < 1.29 is 4.42 Å². The number of halogens is 2. The van der Waals surface area contributed by atoms with Crippen LogP contribution in [0.5, 0.6) is 0 Å². The van der Waals surface area contributed by atoms with Gasteiger partial charge in [-0.1, -0.05) is 12.1 Å². The summed E-state index contributed by atoms with van der Waals surface area (Å²) in [6.07, 6.45) is 0. The van der Waals surface area contributed by atoms with Crippen LogP contribution in [0.25, 0.3) is 11.0 Å². The first-order valence-corrected chi connectivity index (χ1v) is 7.11. The average Bonchev–Trinajstić information content (AvgIpc) is 2.44. The average molecular weight is 345 g/mol. The van der Waals surface area contributed by atoms with Crippen LogP contribution in [0.4, 0.5) is 0 Å². The Hall–Kier alpha value is -1.07. The van der Waals surface area contributed by atoms with Crippen LogP contribution in [0.15, 0.2) is 27.4 Å². The molecule has 22 heavy (non-hydrogen) atoms. The lowest BCUT2D eigenvalue weighted by Gasteiger charge is -2.27. The molecular weight excluding hydrogens is 323 g/mol. The summed E-state index contributed by atoms with van der Waals surface area (Å²) in [7, 11) is 0. The summed E-state index contributed by atoms with van der Waals surface area (Å²) in [6, 6.07) is 5.80. The minimum Gasteiger partial charge on any atom is -0.422 e. The van der Waals surface area contributed by atoms with Crippen molar-refractivity contribution in [2.24, 2.45) is 0 Å². The first-order chi connectivity index (χ1) is 9.65. The van der Waals surface area contributed by atoms with Gasteiger partial charge in [0.05, 0.1) is 0 Å². The molecular formula is C16H22Cl2N2O2. The summed E-state index contributed by atoms with van der Waals surface area (Å²) >= 11 is 0. The smallest absolute Gasteiger partial charge is 0.336 e. The monoisotopic (exact) mass is 344 g/mol. The third-order valence-electron chi connectivity index (χ3n) is 4.12. The molecule has 0 bridgehead atoms. The first kappa shape index (κ1) is 19.0. The zero-order valence-electron chi connectivity index (χ0n) is 12.8. The van der Waals surface area contributed by atoms with Gasteiger partial charge in [0.25, 0.3) is 0 Å². The van der Waals surface area contributed by atoms with E-state index in [2.05, 4.69) is 22.3 Å². The van der Waals surface area contributed by atoms with E-state index >= 15 is 0 Å². The van der Waals surface area contributed by atoms with Crippen LogP contribution in [0.3, 0.4) is 0 Å². The van der Waals surface area contributed by atoms with Gasteiger partial charge in [-0.15, -0.1) is 24.8 Å². The van der Waals surface area contributed by atoms with E-state index in [-0.39, 0.29) is 30.4 Å². The third kappa shape index (κ3) is 3.82. The molecule has 0 saturated carbocycles. The Morgan fingerprint density at radius 3 is 2.55 bits per heavy atom. The van der Waals surface area contributed by atoms with Crippen LogP contribution in [0.1, 0.15) is 16.7 Å². The summed E-state index contributed by atoms with van der Waals surface area (Å²) < 4.78 is 5.42. The Kier molecular flexibility index (Phi) is 6.88. The van der Waals surface area contributed by atoms with Gasteiger partial charge in [-0.3, -0.25) is 4.90 Å². The first-order valence-electron chi connectivity index (χ1n) is 7.11. The molecule has 0 atom stereocenters. The summed E-state index contributed by atoms with van der Waals surface area (Å²) in [4.78, 5) is 14.2. The van der Waals surface area contributed by atoms with E-state index in [1.54, 1.807) is 6.07 Å². The highest BCUT2D eigenvalue weighted by Gasteiger charge is 2.14. The fourth-order valence-electron chi connectivity index (χ4n) is 2.77. The number of hydrogen-bond acceptors (Lipinski definition) is 4. The van der Waals surface area contributed by atoms with Gasteiger partial charge in [0.2, 0.25) is 0 Å². The molecule has 4 nitrogen and oxygen atoms in total. The van der Waals surface area contributed by atoms with E-state index in [4.69, 9.17) is 4.42 Å². The van der Waals surface area contributed by atoms with Crippen LogP contribution in [-0.2, 0) is 6.54 Å². The number of nitrogens with one attached hydrogen (secondary N) is 1. The molecule has 1 aliphatic heterocycles. The van der Waals surface area contributed by atoms with Crippen LogP contribution >= 0.6 is 24.8 Å². The molecule has 1 fully saturated rings. The van der Waals surface area contributed by atoms with Gasteiger partial charge in [-0.2, -0.15) is 0 Å². The largest absolute Gasteiger partial charge is 0.422 e. The zero-order chi connectivity index (χ0) is 14.1. The topological polar surface area (TPSA) is 45.5 Å². The van der Waals surface area contributed by atoms with Gasteiger partial charge in [0.15, 0.2) is 0 Å². The van der Waals surface area contributed by atoms with Crippen molar-refractivity contribution in [3.05, 3.63) is 45.3 Å². The predicted octanol–water partition coefficient (Wildman–Crippen LogP) is 2.66. The molecule has 3 rings (SSSR count). The van der Waals surface area contributed by atoms with Crippen molar-refractivity contribution in [2.45, 2.75) is 20.4 Å². The Labute approximate surface area is 142 Å². The van der Waals surface area contributed by atoms with E-state index in [0.29, 0.717) is 0 Å². The molecule has 122 valence electrons. The minimum atomic E-state index is -0.253. The lowest BCUT2D eigenvalue weighted by Crippen LogP contribution is -2.43. The van der Waals surface area contributed by atoms with Gasteiger partial charge in [-0.25, -0.2) is 4.79 Å². The maximum absolute atomic E-state index is 11.8. The fourth-order valence-corrected chi connectivity index (χ4v) is 2.77. The number of benzene rings is 1. The normalized spacial score (nSPS) is 15.2. The molecule has 1 aliphatic rings. The highest BCUT2D eigenvalue weighted by atomic mass is 35.5. The molecule has 0 spiro atoms. The Morgan fingerprint density at radius 1 is 1.18 bits per heavy atom. The number of piperazine rings is 1. The molecule has 1 aromatic heterocycles. The molecule has 6 heteroatoms. The van der Waals surface area contributed by atoms with Crippen molar-refractivity contribution in [3.8, 4) is 0 Å². The second kappa shape index (κ2) is 7.97. The predicted molar refractivity (Wildman–Crippen MR) is 94.6 cm³/mol. The molecule has 0 unspecified atom stereocenters. The molecule has 0 aliphatic carbocycles. The van der Waals surface area contributed by atoms with Crippen molar-refractivity contribution in [1.29, 1.82) is 0 Å². The highest BCUT2D eigenvalue weighted by Crippen LogP contribution is 2.24. The van der Waals surface area contributed by atoms with E-state index in [0.717, 1.165) is 60.4 Å². The molecule has 0 radical (unpaired) electrons. The van der Waals surface area contributed by atoms with Crippen LogP contribution in [0.2, 0.25) is 0 Å².